The lowest BCUT2D eigenvalue weighted by Crippen LogP contribution is -2.38. The number of para-hydroxylation sites is 1. The molecule has 0 bridgehead atoms. The van der Waals surface area contributed by atoms with Crippen LogP contribution in [0.25, 0.3) is 38.8 Å². The Balaban J connectivity index is 1.41. The average molecular weight is 511 g/mol. The summed E-state index contributed by atoms with van der Waals surface area (Å²) in [5.41, 5.74) is 4.56. The zero-order chi connectivity index (χ0) is 25.9. The summed E-state index contributed by atoms with van der Waals surface area (Å²) in [7, 11) is 3.33. The van der Waals surface area contributed by atoms with Crippen molar-refractivity contribution >= 4 is 21.8 Å². The molecule has 0 N–H and O–H groups in total. The second-order valence-electron chi connectivity index (χ2n) is 9.17. The van der Waals surface area contributed by atoms with Crippen LogP contribution in [0.1, 0.15) is 0 Å². The second-order valence-corrected chi connectivity index (χ2v) is 9.17. The van der Waals surface area contributed by atoms with E-state index in [0.717, 1.165) is 77.3 Å². The van der Waals surface area contributed by atoms with Gasteiger partial charge in [-0.2, -0.15) is 5.10 Å². The van der Waals surface area contributed by atoms with Gasteiger partial charge in [0.1, 0.15) is 18.1 Å². The molecule has 0 aliphatic carbocycles. The van der Waals surface area contributed by atoms with E-state index in [1.807, 2.05) is 65.5 Å². The summed E-state index contributed by atoms with van der Waals surface area (Å²) in [5, 5.41) is 7.00. The van der Waals surface area contributed by atoms with Gasteiger partial charge in [-0.05, 0) is 48.5 Å². The Labute approximate surface area is 221 Å². The number of rotatable bonds is 8. The summed E-state index contributed by atoms with van der Waals surface area (Å²) in [6, 6.07) is 22.0. The number of pyridine rings is 1. The molecular weight excluding hydrogens is 480 g/mol. The first-order valence-electron chi connectivity index (χ1n) is 12.8. The number of hydrogen-bond donors (Lipinski definition) is 0. The molecule has 5 aromatic rings. The summed E-state index contributed by atoms with van der Waals surface area (Å²) in [4.78, 5) is 7.09. The van der Waals surface area contributed by atoms with Crippen LogP contribution in [-0.4, -0.2) is 73.3 Å². The molecule has 0 unspecified atom stereocenters. The van der Waals surface area contributed by atoms with Crippen molar-refractivity contribution in [3.05, 3.63) is 72.9 Å². The molecule has 1 fully saturated rings. The van der Waals surface area contributed by atoms with Gasteiger partial charge in [0.2, 0.25) is 0 Å². The maximum Gasteiger partial charge on any atom is 0.161 e. The monoisotopic (exact) mass is 510 g/mol. The number of morpholine rings is 1. The lowest BCUT2D eigenvalue weighted by Gasteiger charge is -2.26. The molecule has 38 heavy (non-hydrogen) atoms. The number of nitrogens with zero attached hydrogens (tertiary/aromatic N) is 4. The van der Waals surface area contributed by atoms with Crippen molar-refractivity contribution in [2.45, 2.75) is 0 Å². The van der Waals surface area contributed by atoms with E-state index in [-0.39, 0.29) is 0 Å². The van der Waals surface area contributed by atoms with Crippen LogP contribution in [0.15, 0.2) is 72.9 Å². The fraction of sp³-hybridized carbons (Fsp3) is 0.267. The molecule has 1 aliphatic rings. The largest absolute Gasteiger partial charge is 0.497 e. The maximum absolute atomic E-state index is 6.11. The van der Waals surface area contributed by atoms with Crippen LogP contribution in [0, 0.1) is 0 Å². The fourth-order valence-corrected chi connectivity index (χ4v) is 4.90. The van der Waals surface area contributed by atoms with Gasteiger partial charge in [-0.15, -0.1) is 0 Å². The molecule has 0 atom stereocenters. The van der Waals surface area contributed by atoms with E-state index in [0.29, 0.717) is 18.1 Å². The van der Waals surface area contributed by atoms with Crippen molar-refractivity contribution in [2.24, 2.45) is 0 Å². The van der Waals surface area contributed by atoms with Crippen LogP contribution < -0.4 is 14.2 Å². The molecule has 3 heterocycles. The van der Waals surface area contributed by atoms with E-state index >= 15 is 0 Å². The Morgan fingerprint density at radius 3 is 2.50 bits per heavy atom. The first kappa shape index (κ1) is 24.2. The van der Waals surface area contributed by atoms with Crippen molar-refractivity contribution < 1.29 is 18.9 Å². The van der Waals surface area contributed by atoms with Gasteiger partial charge in [-0.1, -0.05) is 18.2 Å². The third-order valence-corrected chi connectivity index (χ3v) is 6.92. The van der Waals surface area contributed by atoms with Gasteiger partial charge in [-0.3, -0.25) is 9.88 Å². The lowest BCUT2D eigenvalue weighted by molar-refractivity contribution is 0.0321. The number of aromatic nitrogens is 3. The zero-order valence-corrected chi connectivity index (χ0v) is 21.6. The molecule has 0 amide bonds. The Hall–Kier alpha value is -4.14. The predicted molar refractivity (Wildman–Crippen MR) is 148 cm³/mol. The van der Waals surface area contributed by atoms with Crippen LogP contribution in [0.5, 0.6) is 17.2 Å². The summed E-state index contributed by atoms with van der Waals surface area (Å²) in [6.07, 6.45) is 1.89. The average Bonchev–Trinajstić information content (AvgIpc) is 3.38. The minimum absolute atomic E-state index is 0.582. The van der Waals surface area contributed by atoms with Crippen LogP contribution in [0.3, 0.4) is 0 Å². The predicted octanol–water partition coefficient (Wildman–Crippen LogP) is 4.97. The second kappa shape index (κ2) is 10.7. The molecule has 8 nitrogen and oxygen atoms in total. The summed E-state index contributed by atoms with van der Waals surface area (Å²) in [6.45, 7) is 4.86. The van der Waals surface area contributed by atoms with Gasteiger partial charge in [0.05, 0.1) is 44.2 Å². The molecule has 1 saturated heterocycles. The third-order valence-electron chi connectivity index (χ3n) is 6.92. The van der Waals surface area contributed by atoms with Crippen LogP contribution in [-0.2, 0) is 4.74 Å². The first-order valence-corrected chi connectivity index (χ1v) is 12.8. The van der Waals surface area contributed by atoms with E-state index in [4.69, 9.17) is 29.0 Å². The van der Waals surface area contributed by atoms with E-state index < -0.39 is 0 Å². The van der Waals surface area contributed by atoms with Gasteiger partial charge in [-0.25, -0.2) is 4.68 Å². The van der Waals surface area contributed by atoms with Crippen molar-refractivity contribution in [2.75, 3.05) is 53.7 Å². The highest BCUT2D eigenvalue weighted by atomic mass is 16.5. The normalized spacial score (nSPS) is 14.2. The Morgan fingerprint density at radius 2 is 1.71 bits per heavy atom. The maximum atomic E-state index is 6.11. The molecule has 194 valence electrons. The summed E-state index contributed by atoms with van der Waals surface area (Å²) < 4.78 is 24.8. The minimum Gasteiger partial charge on any atom is -0.497 e. The zero-order valence-electron chi connectivity index (χ0n) is 21.6. The minimum atomic E-state index is 0.582. The quantitative estimate of drug-likeness (QED) is 0.292. The number of ether oxygens (including phenoxy) is 4. The van der Waals surface area contributed by atoms with Crippen molar-refractivity contribution in [3.63, 3.8) is 0 Å². The van der Waals surface area contributed by atoms with Gasteiger partial charge in [0.25, 0.3) is 0 Å². The van der Waals surface area contributed by atoms with Crippen LogP contribution >= 0.6 is 0 Å². The SMILES string of the molecule is COc1ccc2ncc3c(-c4ccc(OCCN5CCOCC5)c(OC)c4)nn(-c4ccccc4)c3c2c1. The van der Waals surface area contributed by atoms with Crippen molar-refractivity contribution in [3.8, 4) is 34.2 Å². The highest BCUT2D eigenvalue weighted by Crippen LogP contribution is 2.38. The van der Waals surface area contributed by atoms with Crippen molar-refractivity contribution in [1.29, 1.82) is 0 Å². The van der Waals surface area contributed by atoms with Crippen molar-refractivity contribution in [1.82, 2.24) is 19.7 Å². The molecule has 0 radical (unpaired) electrons. The molecular formula is C30H30N4O4. The molecule has 0 spiro atoms. The van der Waals surface area contributed by atoms with Crippen LogP contribution in [0.2, 0.25) is 0 Å². The number of methoxy groups -OCH3 is 2. The highest BCUT2D eigenvalue weighted by Gasteiger charge is 2.19. The molecule has 6 rings (SSSR count). The molecule has 2 aromatic heterocycles. The Morgan fingerprint density at radius 1 is 0.868 bits per heavy atom. The van der Waals surface area contributed by atoms with E-state index in [9.17, 15) is 0 Å². The summed E-state index contributed by atoms with van der Waals surface area (Å²) >= 11 is 0. The molecule has 1 aliphatic heterocycles. The van der Waals surface area contributed by atoms with Gasteiger partial charge >= 0.3 is 0 Å². The highest BCUT2D eigenvalue weighted by molar-refractivity contribution is 6.09. The standard InChI is InChI=1S/C30H30N4O4/c1-35-23-9-10-26-24(19-23)30-25(20-31-26)29(32-34(30)22-6-4-3-5-7-22)21-8-11-27(28(18-21)36-2)38-17-14-33-12-15-37-16-13-33/h3-11,18-20H,12-17H2,1-2H3. The lowest BCUT2D eigenvalue weighted by atomic mass is 10.1. The van der Waals surface area contributed by atoms with E-state index in [2.05, 4.69) is 17.0 Å². The van der Waals surface area contributed by atoms with Crippen LogP contribution in [0.4, 0.5) is 0 Å². The van der Waals surface area contributed by atoms with E-state index in [1.54, 1.807) is 14.2 Å². The van der Waals surface area contributed by atoms with E-state index in [1.165, 1.54) is 0 Å². The Kier molecular flexibility index (Phi) is 6.81. The van der Waals surface area contributed by atoms with Gasteiger partial charge in [0, 0.05) is 42.2 Å². The summed E-state index contributed by atoms with van der Waals surface area (Å²) in [5.74, 6) is 2.15. The topological polar surface area (TPSA) is 70.9 Å². The first-order chi connectivity index (χ1) is 18.7. The van der Waals surface area contributed by atoms with Gasteiger partial charge in [0.15, 0.2) is 11.5 Å². The third kappa shape index (κ3) is 4.64. The molecule has 8 heteroatoms. The number of hydrogen-bond acceptors (Lipinski definition) is 7. The molecule has 3 aromatic carbocycles. The number of fused-ring (bicyclic) bond motifs is 3. The smallest absolute Gasteiger partial charge is 0.161 e. The fourth-order valence-electron chi connectivity index (χ4n) is 4.90. The van der Waals surface area contributed by atoms with Gasteiger partial charge < -0.3 is 18.9 Å². The number of benzene rings is 3. The Bertz CT molecular complexity index is 1560. The molecule has 0 saturated carbocycles.